The second-order valence-electron chi connectivity index (χ2n) is 8.57. The Balaban J connectivity index is 1.33. The smallest absolute Gasteiger partial charge is 0.266 e. The predicted molar refractivity (Wildman–Crippen MR) is 129 cm³/mol. The lowest BCUT2D eigenvalue weighted by Gasteiger charge is -2.22. The van der Waals surface area contributed by atoms with Crippen LogP contribution in [0, 0.1) is 0 Å². The van der Waals surface area contributed by atoms with Crippen LogP contribution in [0.5, 0.6) is 0 Å². The van der Waals surface area contributed by atoms with Gasteiger partial charge in [-0.3, -0.25) is 14.4 Å². The molecule has 1 saturated heterocycles. The third kappa shape index (κ3) is 4.01. The van der Waals surface area contributed by atoms with Gasteiger partial charge in [-0.25, -0.2) is 4.68 Å². The number of hydrogen-bond acceptors (Lipinski definition) is 7. The highest BCUT2D eigenvalue weighted by atomic mass is 32.2. The van der Waals surface area contributed by atoms with Crippen LogP contribution in [0.2, 0.25) is 0 Å². The highest BCUT2D eigenvalue weighted by Crippen LogP contribution is 2.47. The minimum atomic E-state index is -0.871. The van der Waals surface area contributed by atoms with E-state index in [0.717, 1.165) is 36.3 Å². The molecule has 6 N–H and O–H groups in total. The molecule has 2 aliphatic heterocycles. The minimum absolute atomic E-state index is 0.0541. The lowest BCUT2D eigenvalue weighted by atomic mass is 9.99. The van der Waals surface area contributed by atoms with E-state index < -0.39 is 16.6 Å². The summed E-state index contributed by atoms with van der Waals surface area (Å²) in [5.41, 5.74) is 12.8. The summed E-state index contributed by atoms with van der Waals surface area (Å²) < 4.78 is 6.73. The van der Waals surface area contributed by atoms with Crippen molar-refractivity contribution in [3.05, 3.63) is 40.5 Å². The molecular formula is C22H24N6O4S2. The zero-order chi connectivity index (χ0) is 24.0. The highest BCUT2D eigenvalue weighted by Gasteiger charge is 2.43. The maximum absolute atomic E-state index is 13.0. The number of H-pyrrole nitrogens is 1. The lowest BCUT2D eigenvalue weighted by Crippen LogP contribution is -2.37. The quantitative estimate of drug-likeness (QED) is 0.407. The molecule has 0 saturated carbocycles. The van der Waals surface area contributed by atoms with E-state index in [0.29, 0.717) is 15.5 Å². The summed E-state index contributed by atoms with van der Waals surface area (Å²) in [5, 5.41) is 7.79. The van der Waals surface area contributed by atoms with Crippen molar-refractivity contribution in [2.24, 2.45) is 11.5 Å². The van der Waals surface area contributed by atoms with Crippen LogP contribution in [-0.2, 0) is 16.0 Å². The first-order valence-electron chi connectivity index (χ1n) is 10.9. The minimum Gasteiger partial charge on any atom is -0.368 e. The molecule has 2 unspecified atom stereocenters. The number of amides is 3. The molecule has 0 aromatic carbocycles. The van der Waals surface area contributed by atoms with Crippen molar-refractivity contribution < 1.29 is 19.1 Å². The number of fused-ring (bicyclic) bond motifs is 1. The molecule has 0 bridgehead atoms. The van der Waals surface area contributed by atoms with E-state index in [9.17, 15) is 14.4 Å². The van der Waals surface area contributed by atoms with Gasteiger partial charge < -0.3 is 26.5 Å². The van der Waals surface area contributed by atoms with E-state index in [-0.39, 0.29) is 29.9 Å². The molecule has 2 atom stereocenters. The molecule has 5 heterocycles. The van der Waals surface area contributed by atoms with E-state index >= 15 is 0 Å². The zero-order valence-corrected chi connectivity index (χ0v) is 20.1. The topological polar surface area (TPSA) is 158 Å². The van der Waals surface area contributed by atoms with Gasteiger partial charge in [0.1, 0.15) is 16.8 Å². The van der Waals surface area contributed by atoms with Crippen molar-refractivity contribution in [1.29, 1.82) is 0 Å². The maximum Gasteiger partial charge on any atom is 0.266 e. The molecule has 1 fully saturated rings. The Kier molecular flexibility index (Phi) is 5.74. The van der Waals surface area contributed by atoms with E-state index in [1.54, 1.807) is 19.2 Å². The Hall–Kier alpha value is -3.09. The van der Waals surface area contributed by atoms with Crippen LogP contribution in [0.25, 0.3) is 10.4 Å². The molecular weight excluding hydrogens is 476 g/mol. The number of aromatic nitrogens is 3. The molecule has 12 heteroatoms. The number of hydrogen-bond donors (Lipinski definition) is 4. The van der Waals surface area contributed by atoms with Gasteiger partial charge >= 0.3 is 0 Å². The van der Waals surface area contributed by atoms with Gasteiger partial charge in [0.15, 0.2) is 0 Å². The normalized spacial score (nSPS) is 21.9. The monoisotopic (exact) mass is 500 g/mol. The standard InChI is InChI=1S/C22H24N6O4S2/c1-22(21(24)31)8-12-16(17(23)29)18(27-20(12)34-22)26-19(30)14-6-5-13(33-14)11-9-25-28(10-11)15-4-2-3-7-32-15/h5-6,9-10,15,27H,2-4,7-8H2,1H3,(H2,23,29)(H2,24,31)(H,26,30). The Labute approximate surface area is 203 Å². The zero-order valence-electron chi connectivity index (χ0n) is 18.4. The fourth-order valence-corrected chi connectivity index (χ4v) is 6.31. The number of thioether (sulfide) groups is 1. The first-order chi connectivity index (χ1) is 16.2. The van der Waals surface area contributed by atoms with Crippen molar-refractivity contribution in [1.82, 2.24) is 14.8 Å². The van der Waals surface area contributed by atoms with Gasteiger partial charge in [0, 0.05) is 28.8 Å². The number of thiophene rings is 1. The van der Waals surface area contributed by atoms with Gasteiger partial charge in [-0.15, -0.1) is 11.3 Å². The maximum atomic E-state index is 13.0. The number of nitrogens with zero attached hydrogens (tertiary/aromatic N) is 2. The second kappa shape index (κ2) is 8.60. The van der Waals surface area contributed by atoms with E-state index in [1.807, 2.05) is 16.9 Å². The second-order valence-corrected chi connectivity index (χ2v) is 11.2. The van der Waals surface area contributed by atoms with Crippen LogP contribution >= 0.6 is 23.1 Å². The fourth-order valence-electron chi connectivity index (χ4n) is 4.22. The van der Waals surface area contributed by atoms with Crippen LogP contribution in [0.3, 0.4) is 0 Å². The molecule has 5 rings (SSSR count). The van der Waals surface area contributed by atoms with Crippen molar-refractivity contribution in [2.75, 3.05) is 11.9 Å². The van der Waals surface area contributed by atoms with Crippen LogP contribution in [-0.4, -0.2) is 43.8 Å². The lowest BCUT2D eigenvalue weighted by molar-refractivity contribution is -0.119. The Morgan fingerprint density at radius 2 is 2.12 bits per heavy atom. The van der Waals surface area contributed by atoms with Crippen molar-refractivity contribution >= 4 is 46.6 Å². The van der Waals surface area contributed by atoms with Gasteiger partial charge in [-0.05, 0) is 44.7 Å². The van der Waals surface area contributed by atoms with Gasteiger partial charge in [-0.1, -0.05) is 11.8 Å². The number of carbonyl (C=O) groups is 3. The molecule has 34 heavy (non-hydrogen) atoms. The summed E-state index contributed by atoms with van der Waals surface area (Å²) in [6.07, 6.45) is 7.00. The number of anilines is 1. The first-order valence-corrected chi connectivity index (χ1v) is 12.5. The average Bonchev–Trinajstić information content (AvgIpc) is 3.57. The molecule has 3 aromatic heterocycles. The van der Waals surface area contributed by atoms with Crippen molar-refractivity contribution in [3.63, 3.8) is 0 Å². The van der Waals surface area contributed by atoms with Crippen LogP contribution in [0.1, 0.15) is 58.0 Å². The van der Waals surface area contributed by atoms with Crippen LogP contribution in [0.15, 0.2) is 29.6 Å². The molecule has 178 valence electrons. The number of primary amides is 2. The fraction of sp³-hybridized carbons (Fsp3) is 0.364. The Morgan fingerprint density at radius 3 is 2.82 bits per heavy atom. The highest BCUT2D eigenvalue weighted by molar-refractivity contribution is 8.01. The van der Waals surface area contributed by atoms with Crippen molar-refractivity contribution in [3.8, 4) is 10.4 Å². The SMILES string of the molecule is CC1(C(N)=O)Cc2c([nH]c(NC(=O)c3ccc(-c4cnn(C5CCCCO5)c4)s3)c2C(N)=O)S1. The summed E-state index contributed by atoms with van der Waals surface area (Å²) >= 11 is 2.55. The van der Waals surface area contributed by atoms with Crippen LogP contribution < -0.4 is 16.8 Å². The van der Waals surface area contributed by atoms with E-state index in [1.165, 1.54) is 23.1 Å². The summed E-state index contributed by atoms with van der Waals surface area (Å²) in [7, 11) is 0. The first kappa shape index (κ1) is 22.7. The van der Waals surface area contributed by atoms with Gasteiger partial charge in [0.2, 0.25) is 5.91 Å². The molecule has 3 amide bonds. The van der Waals surface area contributed by atoms with Gasteiger partial charge in [0.25, 0.3) is 11.8 Å². The van der Waals surface area contributed by atoms with Gasteiger partial charge in [-0.2, -0.15) is 5.10 Å². The van der Waals surface area contributed by atoms with E-state index in [4.69, 9.17) is 16.2 Å². The van der Waals surface area contributed by atoms with Gasteiger partial charge in [0.05, 0.1) is 21.7 Å². The molecule has 0 aliphatic carbocycles. The molecule has 0 spiro atoms. The van der Waals surface area contributed by atoms with Crippen molar-refractivity contribution in [2.45, 2.75) is 48.6 Å². The van der Waals surface area contributed by atoms with E-state index in [2.05, 4.69) is 15.4 Å². The Morgan fingerprint density at radius 1 is 1.29 bits per heavy atom. The number of ether oxygens (including phenoxy) is 1. The summed E-state index contributed by atoms with van der Waals surface area (Å²) in [5.74, 6) is -1.32. The molecule has 2 aliphatic rings. The Bertz CT molecular complexity index is 1290. The van der Waals surface area contributed by atoms with Crippen LogP contribution in [0.4, 0.5) is 5.82 Å². The number of carbonyl (C=O) groups excluding carboxylic acids is 3. The third-order valence-electron chi connectivity index (χ3n) is 6.08. The molecule has 10 nitrogen and oxygen atoms in total. The largest absolute Gasteiger partial charge is 0.368 e. The predicted octanol–water partition coefficient (Wildman–Crippen LogP) is 2.88. The number of nitrogens with one attached hydrogen (secondary N) is 2. The number of nitrogens with two attached hydrogens (primary N) is 2. The number of aromatic amines is 1. The third-order valence-corrected chi connectivity index (χ3v) is 8.56. The molecule has 0 radical (unpaired) electrons. The number of rotatable bonds is 6. The summed E-state index contributed by atoms with van der Waals surface area (Å²) in [6, 6.07) is 3.59. The summed E-state index contributed by atoms with van der Waals surface area (Å²) in [4.78, 5) is 41.3. The molecule has 3 aromatic rings. The summed E-state index contributed by atoms with van der Waals surface area (Å²) in [6.45, 7) is 2.45. The average molecular weight is 501 g/mol.